The van der Waals surface area contributed by atoms with E-state index < -0.39 is 21.9 Å². The lowest BCUT2D eigenvalue weighted by atomic mass is 9.95. The van der Waals surface area contributed by atoms with Gasteiger partial charge in [0, 0.05) is 10.6 Å². The minimum absolute atomic E-state index is 0.0797. The molecule has 3 aromatic rings. The molecule has 1 amide bonds. The highest BCUT2D eigenvalue weighted by Crippen LogP contribution is 2.39. The normalized spacial score (nSPS) is 13.1. The van der Waals surface area contributed by atoms with Gasteiger partial charge in [-0.25, -0.2) is 13.2 Å². The smallest absolute Gasteiger partial charge is 0.341 e. The third kappa shape index (κ3) is 5.11. The lowest BCUT2D eigenvalue weighted by Gasteiger charge is -2.13. The van der Waals surface area contributed by atoms with Crippen molar-refractivity contribution < 1.29 is 22.7 Å². The van der Waals surface area contributed by atoms with Gasteiger partial charge >= 0.3 is 5.97 Å². The largest absolute Gasteiger partial charge is 0.462 e. The molecule has 178 valence electrons. The van der Waals surface area contributed by atoms with Crippen molar-refractivity contribution in [2.24, 2.45) is 0 Å². The molecule has 10 heteroatoms. The second kappa shape index (κ2) is 10.2. The number of carbonyl (C=O) groups is 2. The molecule has 0 saturated heterocycles. The van der Waals surface area contributed by atoms with E-state index in [4.69, 9.17) is 16.3 Å². The van der Waals surface area contributed by atoms with Crippen LogP contribution in [0.2, 0.25) is 5.02 Å². The third-order valence-corrected chi connectivity index (χ3v) is 8.33. The first-order valence-electron chi connectivity index (χ1n) is 10.8. The SMILES string of the molecule is CCOC(=O)c1c(NC(=O)c2cc(NS(=O)(=O)c3ccccc3)ccc2Cl)sc2c1CCCC2. The quantitative estimate of drug-likeness (QED) is 0.401. The number of rotatable bonds is 7. The molecular formula is C24H23ClN2O5S2. The Bertz CT molecular complexity index is 1340. The molecule has 0 fully saturated rings. The molecule has 1 aliphatic rings. The van der Waals surface area contributed by atoms with E-state index in [1.807, 2.05) is 0 Å². The van der Waals surface area contributed by atoms with Crippen molar-refractivity contribution in [2.75, 3.05) is 16.6 Å². The van der Waals surface area contributed by atoms with Crippen LogP contribution in [0.4, 0.5) is 10.7 Å². The molecule has 1 aromatic heterocycles. The molecule has 0 aliphatic heterocycles. The molecule has 0 radical (unpaired) electrons. The van der Waals surface area contributed by atoms with Crippen LogP contribution in [0.25, 0.3) is 0 Å². The van der Waals surface area contributed by atoms with Crippen molar-refractivity contribution in [2.45, 2.75) is 37.5 Å². The Kier molecular flexibility index (Phi) is 7.25. The fraction of sp³-hybridized carbons (Fsp3) is 0.250. The van der Waals surface area contributed by atoms with Crippen LogP contribution < -0.4 is 10.0 Å². The predicted molar refractivity (Wildman–Crippen MR) is 134 cm³/mol. The number of thiophene rings is 1. The van der Waals surface area contributed by atoms with Gasteiger partial charge in [0.05, 0.1) is 27.7 Å². The lowest BCUT2D eigenvalue weighted by molar-refractivity contribution is 0.0526. The number of aryl methyl sites for hydroxylation is 1. The van der Waals surface area contributed by atoms with Crippen molar-refractivity contribution in [1.82, 2.24) is 0 Å². The second-order valence-electron chi connectivity index (χ2n) is 7.70. The number of nitrogens with one attached hydrogen (secondary N) is 2. The van der Waals surface area contributed by atoms with E-state index >= 15 is 0 Å². The number of amides is 1. The van der Waals surface area contributed by atoms with E-state index in [1.165, 1.54) is 41.7 Å². The molecule has 1 aliphatic carbocycles. The van der Waals surface area contributed by atoms with Crippen LogP contribution in [0.5, 0.6) is 0 Å². The summed E-state index contributed by atoms with van der Waals surface area (Å²) < 4.78 is 33.0. The van der Waals surface area contributed by atoms with Gasteiger partial charge in [0.2, 0.25) is 0 Å². The third-order valence-electron chi connectivity index (χ3n) is 5.39. The van der Waals surface area contributed by atoms with Crippen molar-refractivity contribution in [3.63, 3.8) is 0 Å². The fourth-order valence-corrected chi connectivity index (χ4v) is 6.37. The van der Waals surface area contributed by atoms with E-state index in [0.717, 1.165) is 36.1 Å². The van der Waals surface area contributed by atoms with Gasteiger partial charge in [-0.15, -0.1) is 11.3 Å². The molecule has 0 bridgehead atoms. The molecule has 7 nitrogen and oxygen atoms in total. The zero-order chi connectivity index (χ0) is 24.3. The predicted octanol–water partition coefficient (Wildman–Crippen LogP) is 5.51. The number of benzene rings is 2. The zero-order valence-corrected chi connectivity index (χ0v) is 20.8. The van der Waals surface area contributed by atoms with Crippen LogP contribution in [0, 0.1) is 0 Å². The number of halogens is 1. The molecule has 34 heavy (non-hydrogen) atoms. The Morgan fingerprint density at radius 1 is 1.09 bits per heavy atom. The van der Waals surface area contributed by atoms with Gasteiger partial charge < -0.3 is 10.1 Å². The van der Waals surface area contributed by atoms with Crippen molar-refractivity contribution in [1.29, 1.82) is 0 Å². The Morgan fingerprint density at radius 2 is 1.82 bits per heavy atom. The van der Waals surface area contributed by atoms with Crippen LogP contribution >= 0.6 is 22.9 Å². The molecule has 0 saturated carbocycles. The first-order valence-corrected chi connectivity index (χ1v) is 13.5. The maximum atomic E-state index is 13.2. The average molecular weight is 519 g/mol. The molecule has 2 aromatic carbocycles. The molecule has 1 heterocycles. The number of hydrogen-bond acceptors (Lipinski definition) is 6. The number of sulfonamides is 1. The minimum atomic E-state index is -3.84. The summed E-state index contributed by atoms with van der Waals surface area (Å²) in [6.07, 6.45) is 3.60. The number of anilines is 2. The Balaban J connectivity index is 1.62. The van der Waals surface area contributed by atoms with Crippen molar-refractivity contribution >= 4 is 55.5 Å². The summed E-state index contributed by atoms with van der Waals surface area (Å²) >= 11 is 7.64. The summed E-state index contributed by atoms with van der Waals surface area (Å²) in [6, 6.07) is 12.2. The highest BCUT2D eigenvalue weighted by atomic mass is 35.5. The van der Waals surface area contributed by atoms with Crippen molar-refractivity contribution in [3.8, 4) is 0 Å². The summed E-state index contributed by atoms with van der Waals surface area (Å²) in [5.74, 6) is -1.01. The fourth-order valence-electron chi connectivity index (χ4n) is 3.82. The van der Waals surface area contributed by atoms with Gasteiger partial charge in [-0.3, -0.25) is 9.52 Å². The van der Waals surface area contributed by atoms with E-state index in [0.29, 0.717) is 10.6 Å². The lowest BCUT2D eigenvalue weighted by Crippen LogP contribution is -2.17. The van der Waals surface area contributed by atoms with Gasteiger partial charge in [-0.2, -0.15) is 0 Å². The maximum absolute atomic E-state index is 13.2. The maximum Gasteiger partial charge on any atom is 0.341 e. The Morgan fingerprint density at radius 3 is 2.56 bits per heavy atom. The van der Waals surface area contributed by atoms with E-state index in [2.05, 4.69) is 10.0 Å². The summed E-state index contributed by atoms with van der Waals surface area (Å²) in [7, 11) is -3.84. The molecular weight excluding hydrogens is 496 g/mol. The number of hydrogen-bond donors (Lipinski definition) is 2. The Hall–Kier alpha value is -2.88. The first-order chi connectivity index (χ1) is 16.3. The first kappa shape index (κ1) is 24.3. The minimum Gasteiger partial charge on any atom is -0.462 e. The van der Waals surface area contributed by atoms with Gasteiger partial charge in [0.15, 0.2) is 0 Å². The van der Waals surface area contributed by atoms with E-state index in [-0.39, 0.29) is 27.8 Å². The Labute approximate surface area is 207 Å². The molecule has 4 rings (SSSR count). The number of carbonyl (C=O) groups excluding carboxylic acids is 2. The van der Waals surface area contributed by atoms with Gasteiger partial charge in [0.25, 0.3) is 15.9 Å². The van der Waals surface area contributed by atoms with Gasteiger partial charge in [0.1, 0.15) is 5.00 Å². The summed E-state index contributed by atoms with van der Waals surface area (Å²) in [5.41, 5.74) is 1.60. The standard InChI is InChI=1S/C24H23ClN2O5S2/c1-2-32-24(29)21-17-10-6-7-11-20(17)33-23(21)26-22(28)18-14-15(12-13-19(18)25)27-34(30,31)16-8-4-3-5-9-16/h3-5,8-9,12-14,27H,2,6-7,10-11H2,1H3,(H,26,28). The summed E-state index contributed by atoms with van der Waals surface area (Å²) in [6.45, 7) is 1.96. The number of fused-ring (bicyclic) bond motifs is 1. The van der Waals surface area contributed by atoms with Crippen LogP contribution in [-0.2, 0) is 27.6 Å². The van der Waals surface area contributed by atoms with Gasteiger partial charge in [-0.1, -0.05) is 29.8 Å². The molecule has 2 N–H and O–H groups in total. The average Bonchev–Trinajstić information content (AvgIpc) is 3.18. The molecule has 0 atom stereocenters. The highest BCUT2D eigenvalue weighted by Gasteiger charge is 2.28. The van der Waals surface area contributed by atoms with Crippen LogP contribution in [-0.4, -0.2) is 26.9 Å². The second-order valence-corrected chi connectivity index (χ2v) is 10.9. The topological polar surface area (TPSA) is 102 Å². The summed E-state index contributed by atoms with van der Waals surface area (Å²) in [4.78, 5) is 27.0. The van der Waals surface area contributed by atoms with E-state index in [9.17, 15) is 18.0 Å². The van der Waals surface area contributed by atoms with Crippen LogP contribution in [0.1, 0.15) is 50.9 Å². The molecule has 0 spiro atoms. The monoisotopic (exact) mass is 518 g/mol. The van der Waals surface area contributed by atoms with Crippen LogP contribution in [0.15, 0.2) is 53.4 Å². The number of ether oxygens (including phenoxy) is 1. The zero-order valence-electron chi connectivity index (χ0n) is 18.4. The molecule has 0 unspecified atom stereocenters. The van der Waals surface area contributed by atoms with Crippen LogP contribution in [0.3, 0.4) is 0 Å². The van der Waals surface area contributed by atoms with Gasteiger partial charge in [-0.05, 0) is 68.5 Å². The van der Waals surface area contributed by atoms with Crippen molar-refractivity contribution in [3.05, 3.63) is 75.1 Å². The summed E-state index contributed by atoms with van der Waals surface area (Å²) in [5, 5.41) is 3.37. The van der Waals surface area contributed by atoms with E-state index in [1.54, 1.807) is 25.1 Å². The highest BCUT2D eigenvalue weighted by molar-refractivity contribution is 7.92. The number of esters is 1.